The molecule has 2 N–H and O–H groups in total. The maximum absolute atomic E-state index is 11.3. The number of hydrogen-bond donors (Lipinski definition) is 1. The first-order valence-electron chi connectivity index (χ1n) is 5.54. The minimum absolute atomic E-state index is 0.0441. The summed E-state index contributed by atoms with van der Waals surface area (Å²) >= 11 is 0. The van der Waals surface area contributed by atoms with E-state index in [1.807, 2.05) is 25.1 Å². The van der Waals surface area contributed by atoms with Gasteiger partial charge in [0.15, 0.2) is 0 Å². The third kappa shape index (κ3) is 2.82. The molecule has 0 saturated carbocycles. The van der Waals surface area contributed by atoms with Crippen LogP contribution in [0.2, 0.25) is 0 Å². The molecule has 2 nitrogen and oxygen atoms in total. The summed E-state index contributed by atoms with van der Waals surface area (Å²) in [7, 11) is 0. The number of benzene rings is 1. The van der Waals surface area contributed by atoms with Crippen LogP contribution in [0.3, 0.4) is 0 Å². The molecule has 0 aromatic heterocycles. The summed E-state index contributed by atoms with van der Waals surface area (Å²) in [6.07, 6.45) is 1.76. The Morgan fingerprint density at radius 3 is 2.20 bits per heavy atom. The summed E-state index contributed by atoms with van der Waals surface area (Å²) in [6, 6.07) is 10.1. The van der Waals surface area contributed by atoms with Crippen LogP contribution in [0.1, 0.15) is 38.2 Å². The number of rotatable bonds is 5. The molecule has 0 spiro atoms. The lowest BCUT2D eigenvalue weighted by atomic mass is 9.82. The fraction of sp³-hybridized carbons (Fsp3) is 0.462. The monoisotopic (exact) mass is 205 g/mol. The van der Waals surface area contributed by atoms with E-state index in [2.05, 4.69) is 19.1 Å². The van der Waals surface area contributed by atoms with Crippen molar-refractivity contribution in [2.24, 2.45) is 11.7 Å². The molecule has 1 unspecified atom stereocenters. The molecule has 0 fully saturated rings. The number of hydrogen-bond acceptors (Lipinski definition) is 1. The van der Waals surface area contributed by atoms with Gasteiger partial charge in [-0.1, -0.05) is 44.2 Å². The Morgan fingerprint density at radius 1 is 1.20 bits per heavy atom. The van der Waals surface area contributed by atoms with Gasteiger partial charge in [0.25, 0.3) is 0 Å². The van der Waals surface area contributed by atoms with E-state index in [0.29, 0.717) is 0 Å². The maximum Gasteiger partial charge on any atom is 0.221 e. The highest BCUT2D eigenvalue weighted by atomic mass is 16.1. The highest BCUT2D eigenvalue weighted by Crippen LogP contribution is 2.29. The van der Waals surface area contributed by atoms with Gasteiger partial charge in [-0.25, -0.2) is 0 Å². The lowest BCUT2D eigenvalue weighted by molar-refractivity contribution is -0.122. The van der Waals surface area contributed by atoms with Gasteiger partial charge in [0.1, 0.15) is 0 Å². The van der Waals surface area contributed by atoms with Crippen LogP contribution in [0, 0.1) is 5.92 Å². The minimum atomic E-state index is -0.187. The molecule has 0 saturated heterocycles. The molecular formula is C13H19NO. The summed E-state index contributed by atoms with van der Waals surface area (Å²) in [6.45, 7) is 4.12. The van der Waals surface area contributed by atoms with Crippen molar-refractivity contribution in [3.8, 4) is 0 Å². The van der Waals surface area contributed by atoms with Gasteiger partial charge in [0.05, 0.1) is 0 Å². The number of nitrogens with two attached hydrogens (primary N) is 1. The van der Waals surface area contributed by atoms with Gasteiger partial charge in [-0.3, -0.25) is 4.79 Å². The second-order valence-corrected chi connectivity index (χ2v) is 3.84. The summed E-state index contributed by atoms with van der Waals surface area (Å²) in [5, 5.41) is 0. The van der Waals surface area contributed by atoms with Crippen molar-refractivity contribution < 1.29 is 4.79 Å². The van der Waals surface area contributed by atoms with Crippen molar-refractivity contribution in [3.05, 3.63) is 35.9 Å². The average molecular weight is 205 g/mol. The Kier molecular flexibility index (Phi) is 4.35. The molecule has 1 rings (SSSR count). The quantitative estimate of drug-likeness (QED) is 0.789. The van der Waals surface area contributed by atoms with E-state index in [4.69, 9.17) is 5.73 Å². The van der Waals surface area contributed by atoms with E-state index in [9.17, 15) is 4.79 Å². The Hall–Kier alpha value is -1.31. The average Bonchev–Trinajstić information content (AvgIpc) is 2.26. The van der Waals surface area contributed by atoms with Gasteiger partial charge in [-0.15, -0.1) is 0 Å². The Bertz CT molecular complexity index is 308. The van der Waals surface area contributed by atoms with E-state index < -0.39 is 0 Å². The smallest absolute Gasteiger partial charge is 0.221 e. The zero-order chi connectivity index (χ0) is 11.3. The normalized spacial score (nSPS) is 14.5. The van der Waals surface area contributed by atoms with Crippen LogP contribution in [-0.2, 0) is 4.79 Å². The van der Waals surface area contributed by atoms with Crippen molar-refractivity contribution in [1.82, 2.24) is 0 Å². The van der Waals surface area contributed by atoms with Gasteiger partial charge >= 0.3 is 0 Å². The lowest BCUT2D eigenvalue weighted by Gasteiger charge is -2.22. The summed E-state index contributed by atoms with van der Waals surface area (Å²) in [5.74, 6) is 0.0271. The van der Waals surface area contributed by atoms with Crippen molar-refractivity contribution >= 4 is 5.91 Å². The van der Waals surface area contributed by atoms with Crippen LogP contribution < -0.4 is 5.73 Å². The molecule has 0 bridgehead atoms. The van der Waals surface area contributed by atoms with Crippen LogP contribution in [0.25, 0.3) is 0 Å². The van der Waals surface area contributed by atoms with E-state index in [1.165, 1.54) is 5.56 Å². The van der Waals surface area contributed by atoms with Gasteiger partial charge in [-0.2, -0.15) is 0 Å². The molecule has 0 aliphatic carbocycles. The van der Waals surface area contributed by atoms with E-state index in [1.54, 1.807) is 0 Å². The number of primary amides is 1. The fourth-order valence-corrected chi connectivity index (χ4v) is 2.14. The molecule has 15 heavy (non-hydrogen) atoms. The van der Waals surface area contributed by atoms with Crippen LogP contribution in [0.4, 0.5) is 0 Å². The van der Waals surface area contributed by atoms with Crippen LogP contribution in [0.15, 0.2) is 30.3 Å². The third-order valence-corrected chi connectivity index (χ3v) is 2.96. The van der Waals surface area contributed by atoms with Crippen LogP contribution >= 0.6 is 0 Å². The SMILES string of the molecule is CCC(C(N)=O)[C@@H](CC)c1ccccc1. The zero-order valence-corrected chi connectivity index (χ0v) is 9.44. The predicted molar refractivity (Wildman–Crippen MR) is 62.4 cm³/mol. The fourth-order valence-electron chi connectivity index (χ4n) is 2.14. The molecule has 82 valence electrons. The van der Waals surface area contributed by atoms with Crippen LogP contribution in [-0.4, -0.2) is 5.91 Å². The number of carbonyl (C=O) groups is 1. The van der Waals surface area contributed by atoms with Crippen molar-refractivity contribution in [2.45, 2.75) is 32.6 Å². The Labute approximate surface area is 91.5 Å². The number of amides is 1. The highest BCUT2D eigenvalue weighted by Gasteiger charge is 2.24. The molecular weight excluding hydrogens is 186 g/mol. The highest BCUT2D eigenvalue weighted by molar-refractivity contribution is 5.77. The lowest BCUT2D eigenvalue weighted by Crippen LogP contribution is -2.28. The molecule has 2 atom stereocenters. The maximum atomic E-state index is 11.3. The second-order valence-electron chi connectivity index (χ2n) is 3.84. The zero-order valence-electron chi connectivity index (χ0n) is 9.44. The molecule has 1 aromatic rings. The summed E-state index contributed by atoms with van der Waals surface area (Å²) in [4.78, 5) is 11.3. The summed E-state index contributed by atoms with van der Waals surface area (Å²) in [5.41, 5.74) is 6.64. The minimum Gasteiger partial charge on any atom is -0.369 e. The van der Waals surface area contributed by atoms with Gasteiger partial charge in [-0.05, 0) is 24.3 Å². The van der Waals surface area contributed by atoms with Crippen molar-refractivity contribution in [2.75, 3.05) is 0 Å². The second kappa shape index (κ2) is 5.54. The molecule has 2 heteroatoms. The summed E-state index contributed by atoms with van der Waals surface area (Å²) < 4.78 is 0. The Balaban J connectivity index is 2.92. The van der Waals surface area contributed by atoms with E-state index in [0.717, 1.165) is 12.8 Å². The van der Waals surface area contributed by atoms with Gasteiger partial charge < -0.3 is 5.73 Å². The molecule has 0 aliphatic rings. The van der Waals surface area contributed by atoms with E-state index in [-0.39, 0.29) is 17.7 Å². The largest absolute Gasteiger partial charge is 0.369 e. The standard InChI is InChI=1S/C13H19NO/c1-3-11(12(4-2)13(14)15)10-8-6-5-7-9-10/h5-9,11-12H,3-4H2,1-2H3,(H2,14,15)/t11-,12?/m0/s1. The Morgan fingerprint density at radius 2 is 1.80 bits per heavy atom. The molecule has 1 aromatic carbocycles. The first-order valence-corrected chi connectivity index (χ1v) is 5.54. The van der Waals surface area contributed by atoms with Crippen molar-refractivity contribution in [3.63, 3.8) is 0 Å². The number of carbonyl (C=O) groups excluding carboxylic acids is 1. The molecule has 0 aliphatic heterocycles. The van der Waals surface area contributed by atoms with Crippen LogP contribution in [0.5, 0.6) is 0 Å². The first kappa shape index (κ1) is 11.8. The molecule has 0 radical (unpaired) electrons. The van der Waals surface area contributed by atoms with E-state index >= 15 is 0 Å². The first-order chi connectivity index (χ1) is 7.20. The molecule has 1 amide bonds. The third-order valence-electron chi connectivity index (χ3n) is 2.96. The molecule has 0 heterocycles. The van der Waals surface area contributed by atoms with Gasteiger partial charge in [0, 0.05) is 5.92 Å². The topological polar surface area (TPSA) is 43.1 Å². The van der Waals surface area contributed by atoms with Gasteiger partial charge in [0.2, 0.25) is 5.91 Å². The van der Waals surface area contributed by atoms with Crippen molar-refractivity contribution in [1.29, 1.82) is 0 Å². The predicted octanol–water partition coefficient (Wildman–Crippen LogP) is 2.69.